The van der Waals surface area contributed by atoms with Crippen LogP contribution < -0.4 is 10.5 Å². The molecule has 0 radical (unpaired) electrons. The Morgan fingerprint density at radius 2 is 1.59 bits per heavy atom. The summed E-state index contributed by atoms with van der Waals surface area (Å²) >= 11 is 0.828. The van der Waals surface area contributed by atoms with Gasteiger partial charge in [0.15, 0.2) is 5.13 Å². The predicted molar refractivity (Wildman–Crippen MR) is 133 cm³/mol. The Morgan fingerprint density at radius 3 is 2.13 bits per heavy atom. The molecule has 3 heterocycles. The molecule has 0 bridgehead atoms. The largest absolute Gasteiger partial charge is 0.416 e. The SMILES string of the molecule is CC(c1ccc(C(F)(F)F)cc1)N1CC2(CCN(c3nc(=O)c4cc(C(F)(F)F)cc([N+](=O)[O-])c4s3)CC2)C1. The molecule has 208 valence electrons. The van der Waals surface area contributed by atoms with Crippen LogP contribution in [0, 0.1) is 15.5 Å². The number of hydrogen-bond donors (Lipinski definition) is 0. The van der Waals surface area contributed by atoms with E-state index in [9.17, 15) is 41.3 Å². The van der Waals surface area contributed by atoms with Crippen LogP contribution >= 0.6 is 11.3 Å². The van der Waals surface area contributed by atoms with Gasteiger partial charge in [0.1, 0.15) is 4.70 Å². The van der Waals surface area contributed by atoms with E-state index in [0.717, 1.165) is 55.0 Å². The summed E-state index contributed by atoms with van der Waals surface area (Å²) in [5.74, 6) is 0. The molecule has 0 saturated carbocycles. The third kappa shape index (κ3) is 5.19. The van der Waals surface area contributed by atoms with Gasteiger partial charge >= 0.3 is 12.4 Å². The quantitative estimate of drug-likeness (QED) is 0.209. The van der Waals surface area contributed by atoms with Gasteiger partial charge in [-0.3, -0.25) is 19.8 Å². The van der Waals surface area contributed by atoms with Crippen molar-refractivity contribution in [2.75, 3.05) is 31.1 Å². The van der Waals surface area contributed by atoms with Crippen molar-refractivity contribution in [2.45, 2.75) is 38.2 Å². The molecule has 2 aliphatic rings. The minimum atomic E-state index is -4.85. The number of fused-ring (bicyclic) bond motifs is 1. The van der Waals surface area contributed by atoms with Crippen LogP contribution in [-0.4, -0.2) is 41.0 Å². The van der Waals surface area contributed by atoms with Crippen LogP contribution in [-0.2, 0) is 12.4 Å². The predicted octanol–water partition coefficient (Wildman–Crippen LogP) is 6.27. The zero-order valence-electron chi connectivity index (χ0n) is 20.5. The number of nitro benzene ring substituents is 1. The standard InChI is InChI=1S/C25H22F6N4O3S/c1-14(15-2-4-16(5-3-15)24(26,27)28)34-12-23(13-34)6-8-33(9-7-23)22-32-21(36)18-10-17(25(29,30)31)11-19(35(37)38)20(18)39-22/h2-5,10-11,14H,6-9,12-13H2,1H3. The van der Waals surface area contributed by atoms with Crippen LogP contribution in [0.15, 0.2) is 41.2 Å². The van der Waals surface area contributed by atoms with Crippen LogP contribution in [0.4, 0.5) is 37.2 Å². The van der Waals surface area contributed by atoms with Crippen molar-refractivity contribution >= 4 is 32.2 Å². The molecule has 2 aliphatic heterocycles. The van der Waals surface area contributed by atoms with Gasteiger partial charge in [0.2, 0.25) is 0 Å². The van der Waals surface area contributed by atoms with Crippen LogP contribution in [0.25, 0.3) is 10.1 Å². The highest BCUT2D eigenvalue weighted by atomic mass is 32.1. The lowest BCUT2D eigenvalue weighted by molar-refractivity contribution is -0.383. The number of nitro groups is 1. The van der Waals surface area contributed by atoms with Crippen molar-refractivity contribution in [3.8, 4) is 0 Å². The van der Waals surface area contributed by atoms with E-state index in [2.05, 4.69) is 9.88 Å². The highest BCUT2D eigenvalue weighted by Gasteiger charge is 2.46. The molecule has 1 atom stereocenters. The lowest BCUT2D eigenvalue weighted by Crippen LogP contribution is -2.60. The maximum atomic E-state index is 13.2. The number of halogens is 6. The van der Waals surface area contributed by atoms with E-state index in [1.54, 1.807) is 0 Å². The van der Waals surface area contributed by atoms with E-state index in [1.165, 1.54) is 12.1 Å². The lowest BCUT2D eigenvalue weighted by atomic mass is 9.71. The second-order valence-corrected chi connectivity index (χ2v) is 11.1. The molecular formula is C25H22F6N4O3S. The Kier molecular flexibility index (Phi) is 6.61. The molecule has 1 aromatic heterocycles. The molecule has 0 amide bonds. The van der Waals surface area contributed by atoms with Crippen LogP contribution in [0.2, 0.25) is 0 Å². The van der Waals surface area contributed by atoms with Crippen molar-refractivity contribution in [3.63, 3.8) is 0 Å². The molecule has 1 unspecified atom stereocenters. The first kappa shape index (κ1) is 27.3. The number of non-ortho nitro benzene ring substituents is 1. The van der Waals surface area contributed by atoms with Crippen molar-refractivity contribution in [2.24, 2.45) is 5.41 Å². The highest BCUT2D eigenvalue weighted by molar-refractivity contribution is 7.22. The lowest BCUT2D eigenvalue weighted by Gasteiger charge is -2.56. The summed E-state index contributed by atoms with van der Waals surface area (Å²) < 4.78 is 78.1. The van der Waals surface area contributed by atoms with Gasteiger partial charge in [0.05, 0.1) is 21.4 Å². The number of anilines is 1. The number of benzene rings is 2. The number of nitrogens with zero attached hydrogens (tertiary/aromatic N) is 4. The average Bonchev–Trinajstić information content (AvgIpc) is 2.85. The van der Waals surface area contributed by atoms with E-state index in [-0.39, 0.29) is 21.3 Å². The summed E-state index contributed by atoms with van der Waals surface area (Å²) in [7, 11) is 0. The third-order valence-electron chi connectivity index (χ3n) is 7.65. The molecule has 5 rings (SSSR count). The molecule has 1 spiro atoms. The molecule has 7 nitrogen and oxygen atoms in total. The average molecular weight is 573 g/mol. The smallest absolute Gasteiger partial charge is 0.348 e. The fourth-order valence-corrected chi connectivity index (χ4v) is 6.43. The Hall–Kier alpha value is -3.26. The molecule has 0 N–H and O–H groups in total. The summed E-state index contributed by atoms with van der Waals surface area (Å²) in [5.41, 5.74) is -2.93. The first-order chi connectivity index (χ1) is 18.2. The van der Waals surface area contributed by atoms with Crippen LogP contribution in [0.1, 0.15) is 42.5 Å². The monoisotopic (exact) mass is 572 g/mol. The van der Waals surface area contributed by atoms with Gasteiger partial charge in [-0.1, -0.05) is 23.5 Å². The van der Waals surface area contributed by atoms with Gasteiger partial charge < -0.3 is 4.90 Å². The zero-order valence-corrected chi connectivity index (χ0v) is 21.3. The van der Waals surface area contributed by atoms with E-state index in [1.807, 2.05) is 11.8 Å². The van der Waals surface area contributed by atoms with Gasteiger partial charge in [-0.2, -0.15) is 31.3 Å². The van der Waals surface area contributed by atoms with Gasteiger partial charge in [-0.25, -0.2) is 0 Å². The highest BCUT2D eigenvalue weighted by Crippen LogP contribution is 2.46. The molecule has 0 aliphatic carbocycles. The number of piperidine rings is 1. The van der Waals surface area contributed by atoms with Gasteiger partial charge in [0, 0.05) is 38.3 Å². The molecule has 39 heavy (non-hydrogen) atoms. The molecule has 3 aromatic rings. The van der Waals surface area contributed by atoms with E-state index >= 15 is 0 Å². The molecule has 2 fully saturated rings. The van der Waals surface area contributed by atoms with Gasteiger partial charge in [0.25, 0.3) is 11.2 Å². The third-order valence-corrected chi connectivity index (χ3v) is 8.82. The number of rotatable bonds is 4. The summed E-state index contributed by atoms with van der Waals surface area (Å²) in [6, 6.07) is 6.12. The summed E-state index contributed by atoms with van der Waals surface area (Å²) in [5, 5.41) is 11.3. The Balaban J connectivity index is 1.28. The number of aromatic nitrogens is 1. The normalized spacial score (nSPS) is 18.8. The number of likely N-dealkylation sites (tertiary alicyclic amines) is 1. The first-order valence-electron chi connectivity index (χ1n) is 12.0. The summed E-state index contributed by atoms with van der Waals surface area (Å²) in [6.45, 7) is 4.45. The van der Waals surface area contributed by atoms with E-state index < -0.39 is 45.0 Å². The molecular weight excluding hydrogens is 550 g/mol. The van der Waals surface area contributed by atoms with Gasteiger partial charge in [-0.15, -0.1) is 0 Å². The minimum Gasteiger partial charge on any atom is -0.348 e. The Morgan fingerprint density at radius 1 is 1.00 bits per heavy atom. The Labute approximate surface area is 221 Å². The maximum Gasteiger partial charge on any atom is 0.416 e. The molecule has 2 saturated heterocycles. The van der Waals surface area contributed by atoms with Crippen molar-refractivity contribution in [3.05, 3.63) is 73.6 Å². The molecule has 2 aromatic carbocycles. The van der Waals surface area contributed by atoms with Crippen LogP contribution in [0.5, 0.6) is 0 Å². The van der Waals surface area contributed by atoms with Crippen molar-refractivity contribution in [1.82, 2.24) is 9.88 Å². The van der Waals surface area contributed by atoms with Gasteiger partial charge in [-0.05, 0) is 48.9 Å². The maximum absolute atomic E-state index is 13.2. The first-order valence-corrected chi connectivity index (χ1v) is 12.9. The van der Waals surface area contributed by atoms with Crippen molar-refractivity contribution < 1.29 is 31.3 Å². The zero-order chi connectivity index (χ0) is 28.3. The second-order valence-electron chi connectivity index (χ2n) is 10.1. The van der Waals surface area contributed by atoms with E-state index in [4.69, 9.17) is 0 Å². The molecule has 14 heteroatoms. The topological polar surface area (TPSA) is 79.6 Å². The fraction of sp³-hybridized carbons (Fsp3) is 0.440. The summed E-state index contributed by atoms with van der Waals surface area (Å²) in [4.78, 5) is 31.2. The fourth-order valence-electron chi connectivity index (χ4n) is 5.31. The minimum absolute atomic E-state index is 0.00785. The summed E-state index contributed by atoms with van der Waals surface area (Å²) in [6.07, 6.45) is -7.77. The number of alkyl halides is 6. The second kappa shape index (κ2) is 9.44. The van der Waals surface area contributed by atoms with Crippen LogP contribution in [0.3, 0.4) is 0 Å². The van der Waals surface area contributed by atoms with E-state index in [0.29, 0.717) is 25.2 Å². The Bertz CT molecular complexity index is 1470. The number of hydrogen-bond acceptors (Lipinski definition) is 7. The van der Waals surface area contributed by atoms with Crippen molar-refractivity contribution in [1.29, 1.82) is 0 Å².